The molecule has 0 unspecified atom stereocenters. The number of carboxylic acid groups (broad SMARTS) is 1. The zero-order valence-electron chi connectivity index (χ0n) is 24.0. The van der Waals surface area contributed by atoms with Crippen molar-refractivity contribution in [3.05, 3.63) is 53.7 Å². The van der Waals surface area contributed by atoms with Crippen LogP contribution in [0.15, 0.2) is 48.7 Å². The lowest BCUT2D eigenvalue weighted by molar-refractivity contribution is 0.0919. The van der Waals surface area contributed by atoms with Crippen LogP contribution in [0.3, 0.4) is 0 Å². The van der Waals surface area contributed by atoms with Crippen molar-refractivity contribution in [3.63, 3.8) is 0 Å². The van der Waals surface area contributed by atoms with Crippen molar-refractivity contribution in [3.8, 4) is 5.75 Å². The number of amides is 1. The molecule has 0 bridgehead atoms. The Morgan fingerprint density at radius 1 is 1.00 bits per heavy atom. The summed E-state index contributed by atoms with van der Waals surface area (Å²) in [5.74, 6) is 1.19. The molecule has 1 aromatic heterocycles. The first kappa shape index (κ1) is 30.4. The highest BCUT2D eigenvalue weighted by Gasteiger charge is 2.29. The summed E-state index contributed by atoms with van der Waals surface area (Å²) in [6.45, 7) is 4.73. The molecule has 2 fully saturated rings. The van der Waals surface area contributed by atoms with E-state index in [-0.39, 0.29) is 11.0 Å². The highest BCUT2D eigenvalue weighted by atomic mass is 35.5. The second kappa shape index (κ2) is 13.1. The monoisotopic (exact) mass is 630 g/mol. The van der Waals surface area contributed by atoms with Gasteiger partial charge in [-0.3, -0.25) is 9.62 Å². The maximum absolute atomic E-state index is 11.8. The van der Waals surface area contributed by atoms with E-state index in [4.69, 9.17) is 16.3 Å². The fourth-order valence-corrected chi connectivity index (χ4v) is 6.11. The quantitative estimate of drug-likeness (QED) is 0.268. The number of para-hydroxylation sites is 2. The first-order chi connectivity index (χ1) is 20.6. The van der Waals surface area contributed by atoms with E-state index in [0.29, 0.717) is 47.8 Å². The molecule has 2 aliphatic rings. The largest absolute Gasteiger partial charge is 0.494 e. The number of nitrogens with one attached hydrogen (secondary N) is 3. The standard InChI is InChI=1S/C28H35ClN8O5S/c1-42-25-17-20(36-15-13-35(14-16-36)19-9-11-37(12-10-19)28(38)39)7-8-24(25)32-27-30-18-21(29)26(33-27)31-22-5-3-4-6-23(22)34-43(2,40)41/h3-8,17-19,34H,9-16H2,1-2H3,(H,38,39)(H2,30,31,32,33). The number of rotatable bonds is 9. The Morgan fingerprint density at radius 2 is 1.70 bits per heavy atom. The maximum atomic E-state index is 11.8. The third-order valence-corrected chi connectivity index (χ3v) is 8.45. The van der Waals surface area contributed by atoms with Crippen LogP contribution in [0.1, 0.15) is 12.8 Å². The molecular formula is C28H35ClN8O5S. The van der Waals surface area contributed by atoms with E-state index in [9.17, 15) is 18.3 Å². The Kier molecular flexibility index (Phi) is 9.28. The number of anilines is 6. The zero-order chi connectivity index (χ0) is 30.6. The molecule has 4 N–H and O–H groups in total. The van der Waals surface area contributed by atoms with Gasteiger partial charge in [0.25, 0.3) is 0 Å². The summed E-state index contributed by atoms with van der Waals surface area (Å²) in [5, 5.41) is 15.7. The number of halogens is 1. The van der Waals surface area contributed by atoms with E-state index in [0.717, 1.165) is 51.0 Å². The van der Waals surface area contributed by atoms with Crippen LogP contribution in [0.25, 0.3) is 0 Å². The normalized spacial score (nSPS) is 16.5. The van der Waals surface area contributed by atoms with Gasteiger partial charge in [0.05, 0.1) is 36.6 Å². The minimum absolute atomic E-state index is 0.258. The molecule has 0 atom stereocenters. The lowest BCUT2D eigenvalue weighted by atomic mass is 10.0. The van der Waals surface area contributed by atoms with Gasteiger partial charge in [0.2, 0.25) is 16.0 Å². The number of hydrogen-bond donors (Lipinski definition) is 4. The van der Waals surface area contributed by atoms with E-state index < -0.39 is 16.1 Å². The Balaban J connectivity index is 1.24. The molecule has 230 valence electrons. The minimum Gasteiger partial charge on any atom is -0.494 e. The number of piperidine rings is 1. The number of nitrogens with zero attached hydrogens (tertiary/aromatic N) is 5. The van der Waals surface area contributed by atoms with E-state index in [1.165, 1.54) is 11.1 Å². The molecule has 1 amide bonds. The van der Waals surface area contributed by atoms with Crippen LogP contribution >= 0.6 is 11.6 Å². The van der Waals surface area contributed by atoms with Crippen LogP contribution in [0.4, 0.5) is 39.3 Å². The van der Waals surface area contributed by atoms with Crippen molar-refractivity contribution < 1.29 is 23.1 Å². The summed E-state index contributed by atoms with van der Waals surface area (Å²) < 4.78 is 31.7. The predicted octanol–water partition coefficient (Wildman–Crippen LogP) is 4.26. The molecule has 0 aliphatic carbocycles. The summed E-state index contributed by atoms with van der Waals surface area (Å²) in [4.78, 5) is 26.3. The molecule has 13 nitrogen and oxygen atoms in total. The summed E-state index contributed by atoms with van der Waals surface area (Å²) in [6, 6.07) is 13.2. The summed E-state index contributed by atoms with van der Waals surface area (Å²) >= 11 is 6.37. The third-order valence-electron chi connectivity index (χ3n) is 7.58. The lowest BCUT2D eigenvalue weighted by Gasteiger charge is -2.43. The van der Waals surface area contributed by atoms with Crippen molar-refractivity contribution in [1.82, 2.24) is 19.8 Å². The highest BCUT2D eigenvalue weighted by molar-refractivity contribution is 7.92. The average Bonchev–Trinajstić information content (AvgIpc) is 2.99. The SMILES string of the molecule is COc1cc(N2CCN(C3CCN(C(=O)O)CC3)CC2)ccc1Nc1ncc(Cl)c(Nc2ccccc2NS(C)(=O)=O)n1. The van der Waals surface area contributed by atoms with Gasteiger partial charge in [0.15, 0.2) is 5.82 Å². The molecule has 15 heteroatoms. The number of sulfonamides is 1. The molecule has 3 heterocycles. The average molecular weight is 631 g/mol. The summed E-state index contributed by atoms with van der Waals surface area (Å²) in [7, 11) is -1.89. The minimum atomic E-state index is -3.49. The van der Waals surface area contributed by atoms with Gasteiger partial charge >= 0.3 is 6.09 Å². The molecule has 43 heavy (non-hydrogen) atoms. The molecule has 5 rings (SSSR count). The molecule has 2 aromatic carbocycles. The number of benzene rings is 2. The van der Waals surface area contributed by atoms with Crippen molar-refractivity contribution in [2.75, 3.05) is 72.9 Å². The number of aromatic nitrogens is 2. The van der Waals surface area contributed by atoms with Gasteiger partial charge in [-0.1, -0.05) is 23.7 Å². The number of likely N-dealkylation sites (tertiary alicyclic amines) is 1. The van der Waals surface area contributed by atoms with Gasteiger partial charge in [-0.05, 0) is 37.1 Å². The van der Waals surface area contributed by atoms with Crippen LogP contribution in [0, 0.1) is 0 Å². The van der Waals surface area contributed by atoms with Gasteiger partial charge in [-0.15, -0.1) is 0 Å². The number of carbonyl (C=O) groups is 1. The zero-order valence-corrected chi connectivity index (χ0v) is 25.5. The van der Waals surface area contributed by atoms with Gasteiger partial charge in [-0.25, -0.2) is 18.2 Å². The van der Waals surface area contributed by atoms with Gasteiger partial charge < -0.3 is 30.3 Å². The molecule has 0 spiro atoms. The Labute approximate surface area is 255 Å². The number of piperazine rings is 1. The summed E-state index contributed by atoms with van der Waals surface area (Å²) in [6.07, 6.45) is 3.44. The van der Waals surface area contributed by atoms with Gasteiger partial charge in [0, 0.05) is 57.1 Å². The Hall–Kier alpha value is -4.01. The molecule has 3 aromatic rings. The van der Waals surface area contributed by atoms with Crippen molar-refractivity contribution >= 4 is 62.2 Å². The first-order valence-electron chi connectivity index (χ1n) is 13.9. The second-order valence-electron chi connectivity index (χ2n) is 10.5. The highest BCUT2D eigenvalue weighted by Crippen LogP contribution is 2.34. The van der Waals surface area contributed by atoms with Crippen LogP contribution in [-0.2, 0) is 10.0 Å². The van der Waals surface area contributed by atoms with E-state index in [2.05, 4.69) is 35.1 Å². The van der Waals surface area contributed by atoms with E-state index >= 15 is 0 Å². The number of hydrogen-bond acceptors (Lipinski definition) is 10. The van der Waals surface area contributed by atoms with E-state index in [1.807, 2.05) is 18.2 Å². The van der Waals surface area contributed by atoms with Crippen LogP contribution < -0.4 is 25.0 Å². The predicted molar refractivity (Wildman–Crippen MR) is 168 cm³/mol. The molecular weight excluding hydrogens is 596 g/mol. The fourth-order valence-electron chi connectivity index (χ4n) is 5.39. The molecule has 0 saturated carbocycles. The topological polar surface area (TPSA) is 152 Å². The van der Waals surface area contributed by atoms with Crippen LogP contribution in [0.2, 0.25) is 5.02 Å². The maximum Gasteiger partial charge on any atom is 0.407 e. The van der Waals surface area contributed by atoms with Crippen molar-refractivity contribution in [2.45, 2.75) is 18.9 Å². The van der Waals surface area contributed by atoms with Gasteiger partial charge in [0.1, 0.15) is 10.8 Å². The van der Waals surface area contributed by atoms with Crippen LogP contribution in [-0.4, -0.2) is 98.1 Å². The molecule has 2 saturated heterocycles. The third kappa shape index (κ3) is 7.69. The van der Waals surface area contributed by atoms with E-state index in [1.54, 1.807) is 31.4 Å². The Bertz CT molecular complexity index is 1560. The molecule has 0 radical (unpaired) electrons. The molecule has 2 aliphatic heterocycles. The summed E-state index contributed by atoms with van der Waals surface area (Å²) in [5.41, 5.74) is 2.54. The Morgan fingerprint density at radius 3 is 2.35 bits per heavy atom. The fraction of sp³-hybridized carbons (Fsp3) is 0.393. The van der Waals surface area contributed by atoms with Crippen LogP contribution in [0.5, 0.6) is 5.75 Å². The number of methoxy groups -OCH3 is 1. The lowest BCUT2D eigenvalue weighted by Crippen LogP contribution is -2.53. The second-order valence-corrected chi connectivity index (χ2v) is 12.6. The first-order valence-corrected chi connectivity index (χ1v) is 16.1. The van der Waals surface area contributed by atoms with Crippen molar-refractivity contribution in [1.29, 1.82) is 0 Å². The smallest absolute Gasteiger partial charge is 0.407 e. The number of ether oxygens (including phenoxy) is 1. The van der Waals surface area contributed by atoms with Gasteiger partial charge in [-0.2, -0.15) is 4.98 Å². The van der Waals surface area contributed by atoms with Crippen molar-refractivity contribution in [2.24, 2.45) is 0 Å².